The topological polar surface area (TPSA) is 88.6 Å². The molecule has 1 heterocycles. The van der Waals surface area contributed by atoms with E-state index >= 15 is 0 Å². The van der Waals surface area contributed by atoms with Crippen molar-refractivity contribution in [1.82, 2.24) is 4.57 Å². The molecule has 104 valence electrons. The number of rotatable bonds is 3. The van der Waals surface area contributed by atoms with Gasteiger partial charge in [0.1, 0.15) is 5.75 Å². The number of aromatic nitrogens is 1. The normalized spacial score (nSPS) is 10.3. The molecule has 0 aliphatic rings. The second-order valence-electron chi connectivity index (χ2n) is 4.27. The minimum absolute atomic E-state index is 0.101. The molecule has 0 saturated carbocycles. The van der Waals surface area contributed by atoms with Gasteiger partial charge in [-0.15, -0.1) is 0 Å². The van der Waals surface area contributed by atoms with Gasteiger partial charge in [0, 0.05) is 18.8 Å². The van der Waals surface area contributed by atoms with Crippen molar-refractivity contribution in [2.24, 2.45) is 7.05 Å². The number of amides is 1. The van der Waals surface area contributed by atoms with Crippen LogP contribution in [0.15, 0.2) is 36.4 Å². The first-order valence-electron chi connectivity index (χ1n) is 5.79. The maximum atomic E-state index is 12.3. The standard InChI is InChI=1S/C13H13N3O4/c1-14(9-3-5-10(17)6-4-9)13(18)11-7-8-12(15(11)2)16(19)20/h3-8,17H,1-2H3. The molecule has 2 aromatic rings. The van der Waals surface area contributed by atoms with E-state index in [-0.39, 0.29) is 23.2 Å². The predicted molar refractivity (Wildman–Crippen MR) is 72.9 cm³/mol. The van der Waals surface area contributed by atoms with Gasteiger partial charge in [-0.2, -0.15) is 0 Å². The highest BCUT2D eigenvalue weighted by Gasteiger charge is 2.23. The summed E-state index contributed by atoms with van der Waals surface area (Å²) in [6.07, 6.45) is 0. The number of nitrogens with zero attached hydrogens (tertiary/aromatic N) is 3. The molecule has 20 heavy (non-hydrogen) atoms. The van der Waals surface area contributed by atoms with E-state index in [1.807, 2.05) is 0 Å². The third kappa shape index (κ3) is 2.33. The Labute approximate surface area is 114 Å². The van der Waals surface area contributed by atoms with Gasteiger partial charge in [-0.05, 0) is 35.3 Å². The van der Waals surface area contributed by atoms with Crippen LogP contribution in [0, 0.1) is 10.1 Å². The van der Waals surface area contributed by atoms with Crippen LogP contribution in [0.25, 0.3) is 0 Å². The fourth-order valence-electron chi connectivity index (χ4n) is 1.86. The van der Waals surface area contributed by atoms with Crippen LogP contribution in [-0.2, 0) is 7.05 Å². The third-order valence-corrected chi connectivity index (χ3v) is 3.04. The quantitative estimate of drug-likeness (QED) is 0.684. The number of carbonyl (C=O) groups excluding carboxylic acids is 1. The van der Waals surface area contributed by atoms with Crippen LogP contribution in [0.1, 0.15) is 10.5 Å². The van der Waals surface area contributed by atoms with Crippen molar-refractivity contribution in [2.45, 2.75) is 0 Å². The maximum Gasteiger partial charge on any atom is 0.323 e. The lowest BCUT2D eigenvalue weighted by molar-refractivity contribution is -0.391. The number of hydrogen-bond acceptors (Lipinski definition) is 4. The smallest absolute Gasteiger partial charge is 0.323 e. The Morgan fingerprint density at radius 1 is 1.25 bits per heavy atom. The number of phenols is 1. The minimum Gasteiger partial charge on any atom is -0.508 e. The van der Waals surface area contributed by atoms with Gasteiger partial charge in [-0.25, -0.2) is 4.57 Å². The Balaban J connectivity index is 2.31. The summed E-state index contributed by atoms with van der Waals surface area (Å²) in [4.78, 5) is 23.9. The Morgan fingerprint density at radius 2 is 1.85 bits per heavy atom. The lowest BCUT2D eigenvalue weighted by Crippen LogP contribution is -2.28. The van der Waals surface area contributed by atoms with Crippen LogP contribution in [0.2, 0.25) is 0 Å². The Morgan fingerprint density at radius 3 is 2.35 bits per heavy atom. The van der Waals surface area contributed by atoms with Crippen molar-refractivity contribution >= 4 is 17.4 Å². The van der Waals surface area contributed by atoms with E-state index in [1.54, 1.807) is 19.2 Å². The summed E-state index contributed by atoms with van der Waals surface area (Å²) in [5, 5.41) is 20.0. The molecule has 2 rings (SSSR count). The van der Waals surface area contributed by atoms with Gasteiger partial charge >= 0.3 is 5.82 Å². The predicted octanol–water partition coefficient (Wildman–Crippen LogP) is 1.92. The van der Waals surface area contributed by atoms with Crippen LogP contribution < -0.4 is 4.90 Å². The highest BCUT2D eigenvalue weighted by molar-refractivity contribution is 6.05. The van der Waals surface area contributed by atoms with Gasteiger partial charge in [-0.1, -0.05) is 0 Å². The maximum absolute atomic E-state index is 12.3. The number of nitro groups is 1. The highest BCUT2D eigenvalue weighted by Crippen LogP contribution is 2.21. The van der Waals surface area contributed by atoms with Crippen LogP contribution in [-0.4, -0.2) is 27.6 Å². The van der Waals surface area contributed by atoms with E-state index in [4.69, 9.17) is 0 Å². The summed E-state index contributed by atoms with van der Waals surface area (Å²) in [7, 11) is 3.03. The average Bonchev–Trinajstić information content (AvgIpc) is 2.80. The van der Waals surface area contributed by atoms with Crippen LogP contribution >= 0.6 is 0 Å². The summed E-state index contributed by atoms with van der Waals surface area (Å²) < 4.78 is 1.24. The molecular weight excluding hydrogens is 262 g/mol. The van der Waals surface area contributed by atoms with Gasteiger partial charge in [-0.3, -0.25) is 4.79 Å². The first-order chi connectivity index (χ1) is 9.41. The SMILES string of the molecule is CN(C(=O)c1ccc([N+](=O)[O-])n1C)c1ccc(O)cc1. The zero-order valence-electron chi connectivity index (χ0n) is 11.0. The molecule has 0 aliphatic carbocycles. The van der Waals surface area contributed by atoms with E-state index in [9.17, 15) is 20.0 Å². The molecule has 1 aromatic carbocycles. The minimum atomic E-state index is -0.544. The van der Waals surface area contributed by atoms with Crippen molar-refractivity contribution in [3.63, 3.8) is 0 Å². The largest absolute Gasteiger partial charge is 0.508 e. The van der Waals surface area contributed by atoms with Gasteiger partial charge in [0.2, 0.25) is 0 Å². The van der Waals surface area contributed by atoms with Crippen LogP contribution in [0.5, 0.6) is 5.75 Å². The van der Waals surface area contributed by atoms with Gasteiger partial charge in [0.05, 0.1) is 7.05 Å². The fraction of sp³-hybridized carbons (Fsp3) is 0.154. The highest BCUT2D eigenvalue weighted by atomic mass is 16.6. The van der Waals surface area contributed by atoms with Crippen LogP contribution in [0.4, 0.5) is 11.5 Å². The molecule has 0 fully saturated rings. The number of phenolic OH excluding ortho intramolecular Hbond substituents is 1. The first kappa shape index (κ1) is 13.6. The van der Waals surface area contributed by atoms with E-state index < -0.39 is 4.92 Å². The van der Waals surface area contributed by atoms with Crippen molar-refractivity contribution in [3.05, 3.63) is 52.2 Å². The number of carbonyl (C=O) groups is 1. The molecule has 0 aliphatic heterocycles. The summed E-state index contributed by atoms with van der Waals surface area (Å²) in [5.41, 5.74) is 0.795. The van der Waals surface area contributed by atoms with Gasteiger partial charge in [0.15, 0.2) is 5.69 Å². The van der Waals surface area contributed by atoms with Crippen molar-refractivity contribution in [1.29, 1.82) is 0 Å². The zero-order valence-corrected chi connectivity index (χ0v) is 11.0. The molecule has 7 nitrogen and oxygen atoms in total. The zero-order chi connectivity index (χ0) is 14.9. The average molecular weight is 275 g/mol. The third-order valence-electron chi connectivity index (χ3n) is 3.04. The van der Waals surface area contributed by atoms with E-state index in [2.05, 4.69) is 0 Å². The summed E-state index contributed by atoms with van der Waals surface area (Å²) in [6.45, 7) is 0. The lowest BCUT2D eigenvalue weighted by Gasteiger charge is -2.16. The van der Waals surface area contributed by atoms with Crippen molar-refractivity contribution in [3.8, 4) is 5.75 Å². The lowest BCUT2D eigenvalue weighted by atomic mass is 10.2. The second kappa shape index (κ2) is 5.04. The molecule has 1 N–H and O–H groups in total. The van der Waals surface area contributed by atoms with Crippen molar-refractivity contribution in [2.75, 3.05) is 11.9 Å². The summed E-state index contributed by atoms with van der Waals surface area (Å²) in [5.74, 6) is -0.414. The van der Waals surface area contributed by atoms with Crippen LogP contribution in [0.3, 0.4) is 0 Å². The van der Waals surface area contributed by atoms with Crippen molar-refractivity contribution < 1.29 is 14.8 Å². The molecule has 0 bridgehead atoms. The summed E-state index contributed by atoms with van der Waals surface area (Å²) >= 11 is 0. The number of aromatic hydroxyl groups is 1. The molecule has 0 spiro atoms. The monoisotopic (exact) mass is 275 g/mol. The number of benzene rings is 1. The molecular formula is C13H13N3O4. The Kier molecular flexibility index (Phi) is 3.43. The molecule has 7 heteroatoms. The first-order valence-corrected chi connectivity index (χ1v) is 5.79. The molecule has 1 amide bonds. The van der Waals surface area contributed by atoms with E-state index in [0.29, 0.717) is 5.69 Å². The Hall–Kier alpha value is -2.83. The number of hydrogen-bond donors (Lipinski definition) is 1. The van der Waals surface area contributed by atoms with Gasteiger partial charge < -0.3 is 20.1 Å². The molecule has 1 aromatic heterocycles. The molecule has 0 radical (unpaired) electrons. The van der Waals surface area contributed by atoms with Gasteiger partial charge in [0.25, 0.3) is 5.91 Å². The summed E-state index contributed by atoms with van der Waals surface area (Å²) in [6, 6.07) is 8.81. The molecule has 0 saturated heterocycles. The van der Waals surface area contributed by atoms with E-state index in [0.717, 1.165) is 0 Å². The number of anilines is 1. The van der Waals surface area contributed by atoms with E-state index in [1.165, 1.54) is 40.8 Å². The molecule has 0 atom stereocenters. The second-order valence-corrected chi connectivity index (χ2v) is 4.27. The molecule has 0 unspecified atom stereocenters. The fourth-order valence-corrected chi connectivity index (χ4v) is 1.86. The Bertz CT molecular complexity index is 661.